The lowest BCUT2D eigenvalue weighted by molar-refractivity contribution is 0.0773. The minimum Gasteiger partial charge on any atom is -0.508 e. The van der Waals surface area contributed by atoms with Crippen molar-refractivity contribution in [3.63, 3.8) is 0 Å². The zero-order valence-corrected chi connectivity index (χ0v) is 21.2. The highest BCUT2D eigenvalue weighted by atomic mass is 35.5. The van der Waals surface area contributed by atoms with Crippen LogP contribution >= 0.6 is 11.6 Å². The standard InChI is InChI=1S/C29H34ClN3O2/c1-3-32(4-2)29(35)22-10-12-23(13-11-22)31-24-16-17-33(20-21-8-6-5-7-9-21)28(18-24)26-19-25(34)14-15-27(26)30/h5-15,19,24,28,31,34H,3-4,16-18,20H2,1-2H3. The molecular formula is C29H34ClN3O2. The van der Waals surface area contributed by atoms with Crippen LogP contribution in [0.1, 0.15) is 54.2 Å². The van der Waals surface area contributed by atoms with Crippen LogP contribution < -0.4 is 5.32 Å². The smallest absolute Gasteiger partial charge is 0.253 e. The minimum atomic E-state index is 0.0642. The Hall–Kier alpha value is -3.02. The molecule has 1 aliphatic heterocycles. The van der Waals surface area contributed by atoms with Crippen LogP contribution in [0.25, 0.3) is 0 Å². The van der Waals surface area contributed by atoms with Gasteiger partial charge in [0.25, 0.3) is 5.91 Å². The lowest BCUT2D eigenvalue weighted by Crippen LogP contribution is -2.41. The zero-order chi connectivity index (χ0) is 24.8. The lowest BCUT2D eigenvalue weighted by atomic mass is 9.90. The molecule has 6 heteroatoms. The van der Waals surface area contributed by atoms with Gasteiger partial charge < -0.3 is 15.3 Å². The molecule has 3 aromatic carbocycles. The number of halogens is 1. The number of aromatic hydroxyl groups is 1. The summed E-state index contributed by atoms with van der Waals surface area (Å²) in [6.45, 7) is 7.13. The maximum Gasteiger partial charge on any atom is 0.253 e. The van der Waals surface area contributed by atoms with Crippen molar-refractivity contribution in [3.8, 4) is 5.75 Å². The van der Waals surface area contributed by atoms with Crippen molar-refractivity contribution in [2.45, 2.75) is 45.3 Å². The fourth-order valence-corrected chi connectivity index (χ4v) is 5.14. The third-order valence-corrected chi connectivity index (χ3v) is 7.18. The van der Waals surface area contributed by atoms with Crippen LogP contribution in [0, 0.1) is 0 Å². The second-order valence-electron chi connectivity index (χ2n) is 9.10. The predicted molar refractivity (Wildman–Crippen MR) is 143 cm³/mol. The Kier molecular flexibility index (Phi) is 8.32. The average Bonchev–Trinajstić information content (AvgIpc) is 2.88. The number of benzene rings is 3. The number of carbonyl (C=O) groups is 1. The largest absolute Gasteiger partial charge is 0.508 e. The summed E-state index contributed by atoms with van der Waals surface area (Å²) in [7, 11) is 0. The Bertz CT molecular complexity index is 1120. The number of phenols is 1. The number of hydrogen-bond donors (Lipinski definition) is 2. The van der Waals surface area contributed by atoms with Crippen molar-refractivity contribution in [2.24, 2.45) is 0 Å². The molecule has 4 rings (SSSR count). The topological polar surface area (TPSA) is 55.8 Å². The molecule has 184 valence electrons. The van der Waals surface area contributed by atoms with Gasteiger partial charge in [-0.1, -0.05) is 41.9 Å². The summed E-state index contributed by atoms with van der Waals surface area (Å²) in [6.07, 6.45) is 1.84. The molecule has 2 atom stereocenters. The Morgan fingerprint density at radius 2 is 1.77 bits per heavy atom. The first-order valence-electron chi connectivity index (χ1n) is 12.4. The molecule has 0 spiro atoms. The number of hydrogen-bond acceptors (Lipinski definition) is 4. The van der Waals surface area contributed by atoms with Gasteiger partial charge in [-0.25, -0.2) is 0 Å². The van der Waals surface area contributed by atoms with E-state index < -0.39 is 0 Å². The molecule has 0 aromatic heterocycles. The number of nitrogens with zero attached hydrogens (tertiary/aromatic N) is 2. The maximum atomic E-state index is 12.6. The van der Waals surface area contributed by atoms with E-state index in [1.54, 1.807) is 18.2 Å². The number of amides is 1. The monoisotopic (exact) mass is 491 g/mol. The van der Waals surface area contributed by atoms with E-state index in [1.165, 1.54) is 5.56 Å². The highest BCUT2D eigenvalue weighted by molar-refractivity contribution is 6.31. The molecular weight excluding hydrogens is 458 g/mol. The van der Waals surface area contributed by atoms with Crippen LogP contribution in [0.2, 0.25) is 5.02 Å². The van der Waals surface area contributed by atoms with Crippen LogP contribution in [0.15, 0.2) is 72.8 Å². The summed E-state index contributed by atoms with van der Waals surface area (Å²) in [6, 6.07) is 23.7. The first kappa shape index (κ1) is 25.1. The normalized spacial score (nSPS) is 18.3. The summed E-state index contributed by atoms with van der Waals surface area (Å²) in [5.74, 6) is 0.293. The van der Waals surface area contributed by atoms with Crippen LogP contribution in [0.3, 0.4) is 0 Å². The number of likely N-dealkylation sites (tertiary alicyclic amines) is 1. The molecule has 0 bridgehead atoms. The number of carbonyl (C=O) groups excluding carboxylic acids is 1. The van der Waals surface area contributed by atoms with Gasteiger partial charge in [-0.15, -0.1) is 0 Å². The fourth-order valence-electron chi connectivity index (χ4n) is 4.90. The molecule has 0 radical (unpaired) electrons. The quantitative estimate of drug-likeness (QED) is 0.385. The van der Waals surface area contributed by atoms with E-state index in [1.807, 2.05) is 49.1 Å². The third kappa shape index (κ3) is 6.16. The summed E-state index contributed by atoms with van der Waals surface area (Å²) in [5, 5.41) is 14.5. The predicted octanol–water partition coefficient (Wildman–Crippen LogP) is 6.35. The van der Waals surface area contributed by atoms with Gasteiger partial charge in [0.1, 0.15) is 5.75 Å². The zero-order valence-electron chi connectivity index (χ0n) is 20.5. The third-order valence-electron chi connectivity index (χ3n) is 6.83. The van der Waals surface area contributed by atoms with E-state index in [9.17, 15) is 9.90 Å². The van der Waals surface area contributed by atoms with Crippen molar-refractivity contribution >= 4 is 23.2 Å². The van der Waals surface area contributed by atoms with Crippen molar-refractivity contribution in [1.29, 1.82) is 0 Å². The minimum absolute atomic E-state index is 0.0642. The van der Waals surface area contributed by atoms with Crippen molar-refractivity contribution in [2.75, 3.05) is 25.0 Å². The molecule has 2 N–H and O–H groups in total. The number of phenolic OH excluding ortho intramolecular Hbond substituents is 1. The molecule has 1 amide bonds. The van der Waals surface area contributed by atoms with E-state index >= 15 is 0 Å². The summed E-state index contributed by atoms with van der Waals surface area (Å²) in [5.41, 5.74) is 3.92. The summed E-state index contributed by atoms with van der Waals surface area (Å²) in [4.78, 5) is 16.9. The first-order valence-corrected chi connectivity index (χ1v) is 12.8. The number of nitrogens with one attached hydrogen (secondary N) is 1. The molecule has 0 aliphatic carbocycles. The van der Waals surface area contributed by atoms with Gasteiger partial charge in [-0.05, 0) is 80.3 Å². The Balaban J connectivity index is 1.50. The first-order chi connectivity index (χ1) is 17.0. The fraction of sp³-hybridized carbons (Fsp3) is 0.345. The summed E-state index contributed by atoms with van der Waals surface area (Å²) >= 11 is 6.61. The molecule has 35 heavy (non-hydrogen) atoms. The van der Waals surface area contributed by atoms with Gasteiger partial charge in [0.05, 0.1) is 0 Å². The van der Waals surface area contributed by atoms with Crippen molar-refractivity contribution in [3.05, 3.63) is 94.5 Å². The molecule has 1 fully saturated rings. The second kappa shape index (κ2) is 11.6. The van der Waals surface area contributed by atoms with Gasteiger partial charge in [-0.2, -0.15) is 0 Å². The highest BCUT2D eigenvalue weighted by Crippen LogP contribution is 2.38. The molecule has 1 heterocycles. The van der Waals surface area contributed by atoms with E-state index in [0.717, 1.165) is 37.2 Å². The molecule has 0 saturated carbocycles. The summed E-state index contributed by atoms with van der Waals surface area (Å²) < 4.78 is 0. The second-order valence-corrected chi connectivity index (χ2v) is 9.51. The number of piperidine rings is 1. The SMILES string of the molecule is CCN(CC)C(=O)c1ccc(NC2CCN(Cc3ccccc3)C(c3cc(O)ccc3Cl)C2)cc1. The van der Waals surface area contributed by atoms with Gasteiger partial charge in [0.15, 0.2) is 0 Å². The Labute approximate surface area is 213 Å². The van der Waals surface area contributed by atoms with Crippen LogP contribution in [-0.2, 0) is 6.54 Å². The number of anilines is 1. The Morgan fingerprint density at radius 1 is 1.06 bits per heavy atom. The van der Waals surface area contributed by atoms with Gasteiger partial charge in [0.2, 0.25) is 0 Å². The van der Waals surface area contributed by atoms with Gasteiger partial charge in [-0.3, -0.25) is 9.69 Å². The molecule has 1 saturated heterocycles. The maximum absolute atomic E-state index is 12.6. The van der Waals surface area contributed by atoms with Crippen molar-refractivity contribution < 1.29 is 9.90 Å². The van der Waals surface area contributed by atoms with Gasteiger partial charge in [0, 0.05) is 54.5 Å². The van der Waals surface area contributed by atoms with Crippen molar-refractivity contribution in [1.82, 2.24) is 9.80 Å². The lowest BCUT2D eigenvalue weighted by Gasteiger charge is -2.40. The highest BCUT2D eigenvalue weighted by Gasteiger charge is 2.31. The van der Waals surface area contributed by atoms with Crippen LogP contribution in [-0.4, -0.2) is 46.5 Å². The van der Waals surface area contributed by atoms with Gasteiger partial charge >= 0.3 is 0 Å². The molecule has 5 nitrogen and oxygen atoms in total. The Morgan fingerprint density at radius 3 is 2.46 bits per heavy atom. The van der Waals surface area contributed by atoms with E-state index in [2.05, 4.69) is 34.5 Å². The van der Waals surface area contributed by atoms with E-state index in [4.69, 9.17) is 11.6 Å². The molecule has 3 aromatic rings. The van der Waals surface area contributed by atoms with Crippen LogP contribution in [0.4, 0.5) is 5.69 Å². The molecule has 1 aliphatic rings. The average molecular weight is 492 g/mol. The number of rotatable bonds is 8. The molecule has 2 unspecified atom stereocenters. The van der Waals surface area contributed by atoms with E-state index in [-0.39, 0.29) is 23.7 Å². The van der Waals surface area contributed by atoms with E-state index in [0.29, 0.717) is 23.7 Å². The van der Waals surface area contributed by atoms with Crippen LogP contribution in [0.5, 0.6) is 5.75 Å².